The molecular formula is C18H21N3O6S2. The van der Waals surface area contributed by atoms with Crippen LogP contribution in [0.3, 0.4) is 0 Å². The third-order valence-electron chi connectivity index (χ3n) is 4.73. The predicted molar refractivity (Wildman–Crippen MR) is 108 cm³/mol. The van der Waals surface area contributed by atoms with Crippen molar-refractivity contribution in [3.05, 3.63) is 50.2 Å². The van der Waals surface area contributed by atoms with Crippen molar-refractivity contribution in [3.8, 4) is 5.75 Å². The molecule has 1 aromatic carbocycles. The molecule has 0 aliphatic carbocycles. The Hall–Kier alpha value is -2.50. The lowest BCUT2D eigenvalue weighted by Gasteiger charge is -2.31. The van der Waals surface area contributed by atoms with E-state index in [0.29, 0.717) is 17.7 Å². The van der Waals surface area contributed by atoms with Crippen LogP contribution in [0.15, 0.2) is 35.2 Å². The van der Waals surface area contributed by atoms with E-state index in [1.165, 1.54) is 34.9 Å². The number of ether oxygens (including phenoxy) is 1. The summed E-state index contributed by atoms with van der Waals surface area (Å²) in [5.41, 5.74) is -0.322. The Bertz CT molecular complexity index is 1030. The predicted octanol–water partition coefficient (Wildman–Crippen LogP) is 2.56. The van der Waals surface area contributed by atoms with Crippen LogP contribution in [-0.2, 0) is 10.0 Å². The number of hydrogen-bond donors (Lipinski definition) is 1. The summed E-state index contributed by atoms with van der Waals surface area (Å²) in [4.78, 5) is 24.1. The zero-order valence-electron chi connectivity index (χ0n) is 16.0. The molecule has 1 saturated heterocycles. The lowest BCUT2D eigenvalue weighted by atomic mass is 10.1. The van der Waals surface area contributed by atoms with Crippen molar-refractivity contribution in [2.45, 2.75) is 30.7 Å². The minimum absolute atomic E-state index is 0.0547. The lowest BCUT2D eigenvalue weighted by Crippen LogP contribution is -2.46. The Morgan fingerprint density at radius 1 is 1.28 bits per heavy atom. The molecule has 0 bridgehead atoms. The first kappa shape index (κ1) is 21.2. The van der Waals surface area contributed by atoms with Gasteiger partial charge in [0.25, 0.3) is 11.6 Å². The van der Waals surface area contributed by atoms with E-state index < -0.39 is 14.9 Å². The van der Waals surface area contributed by atoms with Crippen molar-refractivity contribution in [3.63, 3.8) is 0 Å². The van der Waals surface area contributed by atoms with Gasteiger partial charge < -0.3 is 10.1 Å². The number of carbonyl (C=O) groups is 1. The van der Waals surface area contributed by atoms with Gasteiger partial charge in [-0.05, 0) is 38.0 Å². The van der Waals surface area contributed by atoms with E-state index in [1.807, 2.05) is 13.0 Å². The largest absolute Gasteiger partial charge is 0.495 e. The van der Waals surface area contributed by atoms with E-state index in [9.17, 15) is 23.3 Å². The molecule has 2 aromatic rings. The minimum Gasteiger partial charge on any atom is -0.495 e. The quantitative estimate of drug-likeness (QED) is 0.546. The van der Waals surface area contributed by atoms with Gasteiger partial charge in [-0.2, -0.15) is 4.31 Å². The molecule has 0 saturated carbocycles. The Morgan fingerprint density at radius 2 is 1.97 bits per heavy atom. The van der Waals surface area contributed by atoms with Crippen molar-refractivity contribution in [1.82, 2.24) is 9.62 Å². The number of rotatable bonds is 6. The van der Waals surface area contributed by atoms with Gasteiger partial charge in [-0.3, -0.25) is 14.9 Å². The number of carbonyl (C=O) groups excluding carboxylic acids is 1. The highest BCUT2D eigenvalue weighted by molar-refractivity contribution is 7.89. The Kier molecular flexibility index (Phi) is 6.20. The van der Waals surface area contributed by atoms with E-state index in [2.05, 4.69) is 5.32 Å². The SMILES string of the molecule is COc1ccc([N+](=O)[O-])cc1S(=O)(=O)N1CCC(NC(=O)c2ccc(C)s2)CC1. The number of piperidine rings is 1. The number of methoxy groups -OCH3 is 1. The molecule has 29 heavy (non-hydrogen) atoms. The van der Waals surface area contributed by atoms with Gasteiger partial charge in [-0.1, -0.05) is 0 Å². The maximum atomic E-state index is 13.0. The van der Waals surface area contributed by atoms with Gasteiger partial charge in [0.15, 0.2) is 0 Å². The molecule has 1 aliphatic rings. The Morgan fingerprint density at radius 3 is 2.52 bits per heavy atom. The summed E-state index contributed by atoms with van der Waals surface area (Å²) in [5, 5.41) is 14.0. The molecule has 1 aliphatic heterocycles. The van der Waals surface area contributed by atoms with Crippen molar-refractivity contribution in [2.24, 2.45) is 0 Å². The number of nitrogens with zero attached hydrogens (tertiary/aromatic N) is 2. The second kappa shape index (κ2) is 8.47. The van der Waals surface area contributed by atoms with Gasteiger partial charge in [0.1, 0.15) is 10.6 Å². The number of hydrogen-bond acceptors (Lipinski definition) is 7. The molecule has 0 spiro atoms. The Balaban J connectivity index is 1.70. The van der Waals surface area contributed by atoms with Crippen molar-refractivity contribution < 1.29 is 22.9 Å². The van der Waals surface area contributed by atoms with E-state index in [4.69, 9.17) is 4.74 Å². The van der Waals surface area contributed by atoms with E-state index in [0.717, 1.165) is 10.9 Å². The fourth-order valence-electron chi connectivity index (χ4n) is 3.17. The number of sulfonamides is 1. The summed E-state index contributed by atoms with van der Waals surface area (Å²) in [5.74, 6) is -0.108. The highest BCUT2D eigenvalue weighted by atomic mass is 32.2. The first-order chi connectivity index (χ1) is 13.7. The first-order valence-electron chi connectivity index (χ1n) is 8.92. The zero-order chi connectivity index (χ0) is 21.2. The lowest BCUT2D eigenvalue weighted by molar-refractivity contribution is -0.385. The summed E-state index contributed by atoms with van der Waals surface area (Å²) < 4.78 is 32.4. The van der Waals surface area contributed by atoms with Crippen LogP contribution < -0.4 is 10.1 Å². The van der Waals surface area contributed by atoms with E-state index >= 15 is 0 Å². The average Bonchev–Trinajstić information content (AvgIpc) is 3.14. The normalized spacial score (nSPS) is 15.8. The van der Waals surface area contributed by atoms with Crippen LogP contribution >= 0.6 is 11.3 Å². The van der Waals surface area contributed by atoms with Gasteiger partial charge in [-0.25, -0.2) is 8.42 Å². The highest BCUT2D eigenvalue weighted by Crippen LogP contribution is 2.31. The third kappa shape index (κ3) is 4.57. The van der Waals surface area contributed by atoms with Crippen molar-refractivity contribution >= 4 is 33.0 Å². The maximum absolute atomic E-state index is 13.0. The summed E-state index contributed by atoms with van der Waals surface area (Å²) in [6, 6.07) is 7.00. The highest BCUT2D eigenvalue weighted by Gasteiger charge is 2.33. The van der Waals surface area contributed by atoms with E-state index in [1.54, 1.807) is 6.07 Å². The fourth-order valence-corrected chi connectivity index (χ4v) is 5.59. The summed E-state index contributed by atoms with van der Waals surface area (Å²) in [6.07, 6.45) is 0.902. The first-order valence-corrected chi connectivity index (χ1v) is 11.2. The number of benzene rings is 1. The molecule has 1 fully saturated rings. The number of non-ortho nitro benzene ring substituents is 1. The van der Waals surface area contributed by atoms with Crippen LogP contribution in [0, 0.1) is 17.0 Å². The fraction of sp³-hybridized carbons (Fsp3) is 0.389. The van der Waals surface area contributed by atoms with Crippen molar-refractivity contribution in [1.29, 1.82) is 0 Å². The van der Waals surface area contributed by atoms with Crippen molar-refractivity contribution in [2.75, 3.05) is 20.2 Å². The molecule has 0 atom stereocenters. The second-order valence-corrected chi connectivity index (χ2v) is 9.85. The number of nitro groups is 1. The summed E-state index contributed by atoms with van der Waals surface area (Å²) in [6.45, 7) is 2.32. The zero-order valence-corrected chi connectivity index (χ0v) is 17.6. The van der Waals surface area contributed by atoms with Crippen LogP contribution in [0.4, 0.5) is 5.69 Å². The summed E-state index contributed by atoms with van der Waals surface area (Å²) in [7, 11) is -2.65. The molecule has 1 N–H and O–H groups in total. The van der Waals surface area contributed by atoms with Crippen LogP contribution in [0.1, 0.15) is 27.4 Å². The van der Waals surface area contributed by atoms with Crippen LogP contribution in [0.5, 0.6) is 5.75 Å². The van der Waals surface area contributed by atoms with Crippen LogP contribution in [0.2, 0.25) is 0 Å². The summed E-state index contributed by atoms with van der Waals surface area (Å²) >= 11 is 1.41. The maximum Gasteiger partial charge on any atom is 0.271 e. The number of thiophene rings is 1. The number of nitro benzene ring substituents is 1. The van der Waals surface area contributed by atoms with Gasteiger partial charge in [0.2, 0.25) is 10.0 Å². The molecule has 1 amide bonds. The molecule has 0 radical (unpaired) electrons. The number of amides is 1. The molecule has 9 nitrogen and oxygen atoms in total. The third-order valence-corrected chi connectivity index (χ3v) is 7.65. The van der Waals surface area contributed by atoms with E-state index in [-0.39, 0.29) is 41.4 Å². The second-order valence-electron chi connectivity index (χ2n) is 6.65. The molecule has 3 rings (SSSR count). The molecule has 0 unspecified atom stereocenters. The standard InChI is InChI=1S/C18H21N3O6S2/c1-12-3-6-16(28-12)18(22)19-13-7-9-20(10-8-13)29(25,26)17-11-14(21(23)24)4-5-15(17)27-2/h3-6,11,13H,7-10H2,1-2H3,(H,19,22). The minimum atomic E-state index is -3.97. The topological polar surface area (TPSA) is 119 Å². The molecule has 1 aromatic heterocycles. The van der Waals surface area contributed by atoms with Gasteiger partial charge in [0, 0.05) is 36.1 Å². The molecular weight excluding hydrogens is 418 g/mol. The molecule has 11 heteroatoms. The molecule has 2 heterocycles. The monoisotopic (exact) mass is 439 g/mol. The Labute approximate surface area is 172 Å². The van der Waals surface area contributed by atoms with Gasteiger partial charge in [-0.15, -0.1) is 11.3 Å². The average molecular weight is 440 g/mol. The van der Waals surface area contributed by atoms with Crippen LogP contribution in [0.25, 0.3) is 0 Å². The van der Waals surface area contributed by atoms with Crippen LogP contribution in [-0.4, -0.2) is 49.8 Å². The molecule has 156 valence electrons. The number of aryl methyl sites for hydroxylation is 1. The van der Waals surface area contributed by atoms with Gasteiger partial charge in [0.05, 0.1) is 16.9 Å². The number of nitrogens with one attached hydrogen (secondary N) is 1. The van der Waals surface area contributed by atoms with Gasteiger partial charge >= 0.3 is 0 Å². The smallest absolute Gasteiger partial charge is 0.271 e.